The molecule has 6 aromatic rings. The molecule has 5 aromatic carbocycles. The van der Waals surface area contributed by atoms with Crippen molar-refractivity contribution in [1.82, 2.24) is 9.96 Å². The first-order valence-electron chi connectivity index (χ1n) is 18.4. The normalized spacial score (nSPS) is 17.7. The summed E-state index contributed by atoms with van der Waals surface area (Å²) in [5.74, 6) is -1.34. The van der Waals surface area contributed by atoms with Crippen molar-refractivity contribution >= 4 is 49.1 Å². The standard InChI is InChI=1S/C45H39BrN2O6S2/c46-41-25-24-40(55-41)44(30-42(49)48(51)45(32-14-4-1-5-15-32,33-16-6-2-7-17-33)34-18-8-3-9-19-34)26-27-47(28-29-56(44,52)53)43(50)54-31-39-37-22-12-10-20-35(37)36-21-11-13-23-38(36)39/h1-25,39,51H,26-31H2. The molecule has 1 atom stereocenters. The number of nitrogens with zero attached hydrogens (tertiary/aromatic N) is 2. The summed E-state index contributed by atoms with van der Waals surface area (Å²) < 4.78 is 34.3. The maximum absolute atomic E-state index is 14.9. The third-order valence-corrected chi connectivity index (χ3v) is 15.6. The summed E-state index contributed by atoms with van der Waals surface area (Å²) >= 11 is 4.73. The van der Waals surface area contributed by atoms with Gasteiger partial charge in [0.1, 0.15) is 16.9 Å². The fourth-order valence-corrected chi connectivity index (χ4v) is 12.4. The van der Waals surface area contributed by atoms with Gasteiger partial charge in [-0.15, -0.1) is 11.3 Å². The first kappa shape index (κ1) is 37.8. The van der Waals surface area contributed by atoms with Crippen LogP contribution >= 0.6 is 27.3 Å². The molecule has 1 fully saturated rings. The van der Waals surface area contributed by atoms with Gasteiger partial charge >= 0.3 is 6.09 Å². The van der Waals surface area contributed by atoms with Crippen LogP contribution in [0.5, 0.6) is 0 Å². The van der Waals surface area contributed by atoms with E-state index >= 15 is 0 Å². The van der Waals surface area contributed by atoms with E-state index in [0.717, 1.165) is 22.3 Å². The zero-order valence-corrected chi connectivity index (χ0v) is 33.6. The van der Waals surface area contributed by atoms with Crippen molar-refractivity contribution in [3.63, 3.8) is 0 Å². The molecule has 1 N–H and O–H groups in total. The van der Waals surface area contributed by atoms with Crippen LogP contribution in [0.4, 0.5) is 4.79 Å². The molecule has 1 aliphatic heterocycles. The number of ether oxygens (including phenoxy) is 1. The number of carbonyl (C=O) groups is 2. The highest BCUT2D eigenvalue weighted by Crippen LogP contribution is 2.48. The summed E-state index contributed by atoms with van der Waals surface area (Å²) in [5, 5.41) is 13.2. The van der Waals surface area contributed by atoms with Crippen molar-refractivity contribution in [2.24, 2.45) is 0 Å². The molecule has 0 radical (unpaired) electrons. The molecule has 0 saturated carbocycles. The average molecular weight is 848 g/mol. The Bertz CT molecular complexity index is 2340. The Hall–Kier alpha value is -5.07. The largest absolute Gasteiger partial charge is 0.448 e. The van der Waals surface area contributed by atoms with Crippen LogP contribution in [0.3, 0.4) is 0 Å². The van der Waals surface area contributed by atoms with Crippen LogP contribution in [-0.2, 0) is 29.7 Å². The number of thiophene rings is 1. The second-order valence-electron chi connectivity index (χ2n) is 14.1. The minimum absolute atomic E-state index is 0.0192. The van der Waals surface area contributed by atoms with Gasteiger partial charge in [0.15, 0.2) is 9.84 Å². The minimum atomic E-state index is -4.12. The lowest BCUT2D eigenvalue weighted by atomic mass is 9.76. The van der Waals surface area contributed by atoms with E-state index in [0.29, 0.717) is 30.4 Å². The predicted octanol–water partition coefficient (Wildman–Crippen LogP) is 9.38. The Labute approximate surface area is 339 Å². The third-order valence-electron chi connectivity index (χ3n) is 11.2. The third kappa shape index (κ3) is 6.56. The summed E-state index contributed by atoms with van der Waals surface area (Å²) in [5.41, 5.74) is 4.69. The summed E-state index contributed by atoms with van der Waals surface area (Å²) in [4.78, 5) is 30.6. The van der Waals surface area contributed by atoms with Gasteiger partial charge in [0.05, 0.1) is 16.0 Å². The molecule has 8 nitrogen and oxygen atoms in total. The average Bonchev–Trinajstić information content (AvgIpc) is 3.78. The second kappa shape index (κ2) is 15.5. The number of hydrogen-bond donors (Lipinski definition) is 1. The maximum Gasteiger partial charge on any atom is 0.409 e. The van der Waals surface area contributed by atoms with E-state index in [2.05, 4.69) is 28.1 Å². The first-order valence-corrected chi connectivity index (χ1v) is 21.7. The van der Waals surface area contributed by atoms with Gasteiger partial charge in [0.25, 0.3) is 0 Å². The minimum Gasteiger partial charge on any atom is -0.448 e. The van der Waals surface area contributed by atoms with Crippen molar-refractivity contribution < 1.29 is 28.0 Å². The van der Waals surface area contributed by atoms with Gasteiger partial charge in [-0.05, 0) is 73.4 Å². The van der Waals surface area contributed by atoms with E-state index in [4.69, 9.17) is 4.74 Å². The lowest BCUT2D eigenvalue weighted by Crippen LogP contribution is -2.52. The number of carbonyl (C=O) groups excluding carboxylic acids is 2. The number of fused-ring (bicyclic) bond motifs is 3. The summed E-state index contributed by atoms with van der Waals surface area (Å²) in [7, 11) is -4.12. The molecule has 2 heterocycles. The maximum atomic E-state index is 14.9. The molecule has 1 unspecified atom stereocenters. The van der Waals surface area contributed by atoms with Crippen LogP contribution in [0.1, 0.15) is 51.5 Å². The van der Waals surface area contributed by atoms with Crippen LogP contribution in [-0.4, -0.2) is 61.0 Å². The van der Waals surface area contributed by atoms with Crippen molar-refractivity contribution in [1.29, 1.82) is 0 Å². The van der Waals surface area contributed by atoms with Crippen LogP contribution in [0, 0.1) is 0 Å². The van der Waals surface area contributed by atoms with E-state index < -0.39 is 44.3 Å². The molecule has 1 aliphatic carbocycles. The summed E-state index contributed by atoms with van der Waals surface area (Å²) in [6, 6.07) is 47.3. The Morgan fingerprint density at radius 1 is 0.750 bits per heavy atom. The Kier molecular flexibility index (Phi) is 10.4. The van der Waals surface area contributed by atoms with Crippen LogP contribution in [0.15, 0.2) is 155 Å². The van der Waals surface area contributed by atoms with Crippen molar-refractivity contribution in [2.45, 2.75) is 29.0 Å². The molecule has 56 heavy (non-hydrogen) atoms. The number of sulfone groups is 1. The van der Waals surface area contributed by atoms with Crippen LogP contribution < -0.4 is 0 Å². The highest BCUT2D eigenvalue weighted by molar-refractivity contribution is 9.11. The van der Waals surface area contributed by atoms with E-state index in [1.165, 1.54) is 16.2 Å². The monoisotopic (exact) mass is 846 g/mol. The second-order valence-corrected chi connectivity index (χ2v) is 19.0. The summed E-state index contributed by atoms with van der Waals surface area (Å²) in [6.07, 6.45) is -1.26. The van der Waals surface area contributed by atoms with Crippen LogP contribution in [0.2, 0.25) is 0 Å². The number of benzene rings is 5. The van der Waals surface area contributed by atoms with E-state index in [1.807, 2.05) is 127 Å². The number of rotatable bonds is 9. The molecule has 1 aromatic heterocycles. The highest BCUT2D eigenvalue weighted by atomic mass is 79.9. The van der Waals surface area contributed by atoms with Crippen molar-refractivity contribution in [3.8, 4) is 11.1 Å². The van der Waals surface area contributed by atoms with Gasteiger partial charge in [-0.2, -0.15) is 0 Å². The Balaban J connectivity index is 1.12. The molecule has 2 aliphatic rings. The number of hydrogen-bond acceptors (Lipinski definition) is 7. The number of hydroxylamine groups is 2. The Morgan fingerprint density at radius 3 is 1.75 bits per heavy atom. The molecule has 1 saturated heterocycles. The molecule has 0 spiro atoms. The van der Waals surface area contributed by atoms with E-state index in [9.17, 15) is 23.2 Å². The first-order chi connectivity index (χ1) is 27.2. The van der Waals surface area contributed by atoms with Crippen molar-refractivity contribution in [2.75, 3.05) is 25.4 Å². The topological polar surface area (TPSA) is 104 Å². The van der Waals surface area contributed by atoms with Gasteiger partial charge < -0.3 is 9.64 Å². The Morgan fingerprint density at radius 2 is 1.25 bits per heavy atom. The quantitative estimate of drug-likeness (QED) is 0.0884. The molecular formula is C45H39BrN2O6S2. The lowest BCUT2D eigenvalue weighted by Gasteiger charge is -2.43. The molecule has 8 rings (SSSR count). The number of halogens is 1. The highest BCUT2D eigenvalue weighted by Gasteiger charge is 2.53. The molecule has 11 heteroatoms. The van der Waals surface area contributed by atoms with E-state index in [-0.39, 0.29) is 32.0 Å². The van der Waals surface area contributed by atoms with Crippen LogP contribution in [0.25, 0.3) is 11.1 Å². The number of amides is 2. The van der Waals surface area contributed by atoms with Crippen molar-refractivity contribution in [3.05, 3.63) is 188 Å². The zero-order valence-electron chi connectivity index (χ0n) is 30.3. The smallest absolute Gasteiger partial charge is 0.409 e. The lowest BCUT2D eigenvalue weighted by molar-refractivity contribution is -0.185. The van der Waals surface area contributed by atoms with Gasteiger partial charge in [0.2, 0.25) is 5.91 Å². The van der Waals surface area contributed by atoms with Gasteiger partial charge in [-0.25, -0.2) is 18.3 Å². The zero-order chi connectivity index (χ0) is 38.9. The van der Waals surface area contributed by atoms with Gasteiger partial charge in [-0.3, -0.25) is 10.0 Å². The molecular weight excluding hydrogens is 809 g/mol. The van der Waals surface area contributed by atoms with Gasteiger partial charge in [0, 0.05) is 23.9 Å². The molecule has 0 bridgehead atoms. The fraction of sp³-hybridized carbons (Fsp3) is 0.200. The fourth-order valence-electron chi connectivity index (χ4n) is 8.41. The molecule has 2 amide bonds. The summed E-state index contributed by atoms with van der Waals surface area (Å²) in [6.45, 7) is 0.00920. The van der Waals surface area contributed by atoms with Gasteiger partial charge in [-0.1, -0.05) is 140 Å². The molecule has 284 valence electrons. The SMILES string of the molecule is O=C(OCC1c2ccccc2-c2ccccc21)N1CCC(CC(=O)N(O)C(c2ccccc2)(c2ccccc2)c2ccccc2)(c2ccc(Br)s2)S(=O)(=O)CC1. The van der Waals surface area contributed by atoms with E-state index in [1.54, 1.807) is 12.1 Å². The predicted molar refractivity (Wildman–Crippen MR) is 221 cm³/mol.